The number of hydrogen-bond donors (Lipinski definition) is 2. The molecule has 2 aromatic rings. The van der Waals surface area contributed by atoms with Crippen LogP contribution in [0.2, 0.25) is 5.02 Å². The van der Waals surface area contributed by atoms with E-state index in [1.165, 1.54) is 0 Å². The number of para-hydroxylation sites is 1. The van der Waals surface area contributed by atoms with E-state index < -0.39 is 6.10 Å². The predicted octanol–water partition coefficient (Wildman–Crippen LogP) is 3.63. The smallest absolute Gasteiger partial charge is 0.253 e. The molecule has 24 heavy (non-hydrogen) atoms. The van der Waals surface area contributed by atoms with Gasteiger partial charge in [-0.05, 0) is 43.7 Å². The molecule has 2 N–H and O–H groups in total. The fourth-order valence-corrected chi connectivity index (χ4v) is 2.18. The number of carbonyl (C=O) groups is 2. The summed E-state index contributed by atoms with van der Waals surface area (Å²) in [6, 6.07) is 14.3. The average molecular weight is 347 g/mol. The van der Waals surface area contributed by atoms with E-state index in [0.717, 1.165) is 5.56 Å². The van der Waals surface area contributed by atoms with Gasteiger partial charge < -0.3 is 15.4 Å². The van der Waals surface area contributed by atoms with Crippen LogP contribution >= 0.6 is 11.6 Å². The predicted molar refractivity (Wildman–Crippen MR) is 95.3 cm³/mol. The Morgan fingerprint density at radius 1 is 1.12 bits per heavy atom. The monoisotopic (exact) mass is 346 g/mol. The summed E-state index contributed by atoms with van der Waals surface area (Å²) in [5.74, 6) is -0.690. The van der Waals surface area contributed by atoms with Crippen LogP contribution in [-0.2, 0) is 14.3 Å². The van der Waals surface area contributed by atoms with Gasteiger partial charge in [0.15, 0.2) is 0 Å². The van der Waals surface area contributed by atoms with E-state index >= 15 is 0 Å². The maximum atomic E-state index is 12.1. The second kappa shape index (κ2) is 8.47. The van der Waals surface area contributed by atoms with Crippen molar-refractivity contribution in [3.05, 3.63) is 59.1 Å². The highest BCUT2D eigenvalue weighted by molar-refractivity contribution is 6.33. The van der Waals surface area contributed by atoms with Crippen molar-refractivity contribution in [2.75, 3.05) is 17.2 Å². The van der Waals surface area contributed by atoms with E-state index in [1.54, 1.807) is 37.3 Å². The van der Waals surface area contributed by atoms with Crippen LogP contribution in [0.5, 0.6) is 0 Å². The summed E-state index contributed by atoms with van der Waals surface area (Å²) >= 11 is 5.98. The zero-order chi connectivity index (χ0) is 17.5. The first-order valence-corrected chi connectivity index (χ1v) is 7.87. The molecule has 0 aliphatic carbocycles. The number of anilines is 2. The van der Waals surface area contributed by atoms with Crippen LogP contribution in [0.4, 0.5) is 11.4 Å². The van der Waals surface area contributed by atoms with Crippen molar-refractivity contribution in [3.63, 3.8) is 0 Å². The Balaban J connectivity index is 1.81. The first kappa shape index (κ1) is 18.0. The summed E-state index contributed by atoms with van der Waals surface area (Å²) < 4.78 is 5.31. The van der Waals surface area contributed by atoms with Crippen molar-refractivity contribution in [1.29, 1.82) is 0 Å². The van der Waals surface area contributed by atoms with Gasteiger partial charge in [-0.25, -0.2) is 0 Å². The molecule has 126 valence electrons. The Bertz CT molecular complexity index is 734. The minimum absolute atomic E-state index is 0.217. The molecule has 0 radical (unpaired) electrons. The van der Waals surface area contributed by atoms with Gasteiger partial charge in [0, 0.05) is 5.69 Å². The van der Waals surface area contributed by atoms with E-state index in [-0.39, 0.29) is 18.4 Å². The maximum absolute atomic E-state index is 12.1. The lowest BCUT2D eigenvalue weighted by Gasteiger charge is -2.14. The lowest BCUT2D eigenvalue weighted by atomic mass is 10.2. The lowest BCUT2D eigenvalue weighted by molar-refractivity contribution is -0.131. The molecule has 2 aromatic carbocycles. The number of aryl methyl sites for hydroxylation is 1. The third-order valence-corrected chi connectivity index (χ3v) is 3.60. The Morgan fingerprint density at radius 3 is 2.58 bits per heavy atom. The van der Waals surface area contributed by atoms with Gasteiger partial charge >= 0.3 is 0 Å². The van der Waals surface area contributed by atoms with Gasteiger partial charge in [0.2, 0.25) is 5.91 Å². The van der Waals surface area contributed by atoms with Crippen LogP contribution in [-0.4, -0.2) is 24.5 Å². The van der Waals surface area contributed by atoms with Gasteiger partial charge in [-0.1, -0.05) is 35.9 Å². The molecule has 0 saturated carbocycles. The summed E-state index contributed by atoms with van der Waals surface area (Å²) in [4.78, 5) is 23.9. The van der Waals surface area contributed by atoms with Crippen molar-refractivity contribution in [2.45, 2.75) is 20.0 Å². The highest BCUT2D eigenvalue weighted by Crippen LogP contribution is 2.20. The van der Waals surface area contributed by atoms with Crippen LogP contribution in [0, 0.1) is 6.92 Å². The molecular weight excluding hydrogens is 328 g/mol. The molecule has 2 amide bonds. The molecule has 0 bridgehead atoms. The van der Waals surface area contributed by atoms with Gasteiger partial charge in [-0.2, -0.15) is 0 Å². The number of nitrogens with one attached hydrogen (secondary N) is 2. The summed E-state index contributed by atoms with van der Waals surface area (Å²) in [5.41, 5.74) is 2.24. The molecule has 1 atom stereocenters. The summed E-state index contributed by atoms with van der Waals surface area (Å²) in [7, 11) is 0. The second-order valence-electron chi connectivity index (χ2n) is 5.34. The average Bonchev–Trinajstić information content (AvgIpc) is 2.54. The Kier molecular flexibility index (Phi) is 6.35. The van der Waals surface area contributed by atoms with E-state index in [4.69, 9.17) is 16.3 Å². The Hall–Kier alpha value is -2.37. The van der Waals surface area contributed by atoms with Gasteiger partial charge in [0.25, 0.3) is 5.91 Å². The topological polar surface area (TPSA) is 67.4 Å². The largest absolute Gasteiger partial charge is 0.359 e. The summed E-state index contributed by atoms with van der Waals surface area (Å²) in [6.45, 7) is 3.30. The van der Waals surface area contributed by atoms with E-state index in [1.807, 2.05) is 25.1 Å². The molecule has 5 nitrogen and oxygen atoms in total. The molecule has 0 heterocycles. The van der Waals surface area contributed by atoms with Gasteiger partial charge in [0.1, 0.15) is 12.7 Å². The number of ether oxygens (including phenoxy) is 1. The maximum Gasteiger partial charge on any atom is 0.253 e. The number of halogens is 1. The minimum atomic E-state index is -0.787. The van der Waals surface area contributed by atoms with Crippen molar-refractivity contribution in [2.24, 2.45) is 0 Å². The number of amides is 2. The van der Waals surface area contributed by atoms with E-state index in [9.17, 15) is 9.59 Å². The number of rotatable bonds is 6. The Morgan fingerprint density at radius 2 is 1.88 bits per heavy atom. The standard InChI is InChI=1S/C18H19ClN2O3/c1-12-6-5-7-14(10-12)20-17(22)11-24-13(2)18(23)21-16-9-4-3-8-15(16)19/h3-10,13H,11H2,1-2H3,(H,20,22)(H,21,23). The van der Waals surface area contributed by atoms with Crippen LogP contribution < -0.4 is 10.6 Å². The van der Waals surface area contributed by atoms with Gasteiger partial charge in [0.05, 0.1) is 10.7 Å². The molecule has 0 fully saturated rings. The van der Waals surface area contributed by atoms with E-state index in [0.29, 0.717) is 16.4 Å². The second-order valence-corrected chi connectivity index (χ2v) is 5.75. The van der Waals surface area contributed by atoms with Crippen molar-refractivity contribution >= 4 is 34.8 Å². The molecule has 0 spiro atoms. The Labute approximate surface area is 146 Å². The highest BCUT2D eigenvalue weighted by atomic mass is 35.5. The summed E-state index contributed by atoms with van der Waals surface area (Å²) in [5, 5.41) is 5.82. The number of benzene rings is 2. The molecule has 1 unspecified atom stereocenters. The van der Waals surface area contributed by atoms with Crippen molar-refractivity contribution < 1.29 is 14.3 Å². The number of hydrogen-bond acceptors (Lipinski definition) is 3. The highest BCUT2D eigenvalue weighted by Gasteiger charge is 2.16. The molecule has 2 rings (SSSR count). The van der Waals surface area contributed by atoms with Gasteiger partial charge in [-0.15, -0.1) is 0 Å². The fourth-order valence-electron chi connectivity index (χ4n) is 1.99. The molecule has 0 aromatic heterocycles. The normalized spacial score (nSPS) is 11.6. The third-order valence-electron chi connectivity index (χ3n) is 3.27. The zero-order valence-electron chi connectivity index (χ0n) is 13.5. The van der Waals surface area contributed by atoms with Crippen LogP contribution in [0.25, 0.3) is 0 Å². The lowest BCUT2D eigenvalue weighted by Crippen LogP contribution is -2.31. The summed E-state index contributed by atoms with van der Waals surface area (Å²) in [6.07, 6.45) is -0.787. The molecule has 6 heteroatoms. The molecule has 0 aliphatic heterocycles. The van der Waals surface area contributed by atoms with Gasteiger partial charge in [-0.3, -0.25) is 9.59 Å². The molecule has 0 aliphatic rings. The zero-order valence-corrected chi connectivity index (χ0v) is 14.3. The molecular formula is C18H19ClN2O3. The molecule has 0 saturated heterocycles. The third kappa shape index (κ3) is 5.37. The first-order chi connectivity index (χ1) is 11.5. The SMILES string of the molecule is Cc1cccc(NC(=O)COC(C)C(=O)Nc2ccccc2Cl)c1. The van der Waals surface area contributed by atoms with E-state index in [2.05, 4.69) is 10.6 Å². The fraction of sp³-hybridized carbons (Fsp3) is 0.222. The van der Waals surface area contributed by atoms with Crippen LogP contribution in [0.1, 0.15) is 12.5 Å². The quantitative estimate of drug-likeness (QED) is 0.839. The van der Waals surface area contributed by atoms with Crippen molar-refractivity contribution in [3.8, 4) is 0 Å². The number of carbonyl (C=O) groups excluding carboxylic acids is 2. The van der Waals surface area contributed by atoms with Crippen molar-refractivity contribution in [1.82, 2.24) is 0 Å². The van der Waals surface area contributed by atoms with Crippen LogP contribution in [0.3, 0.4) is 0 Å². The van der Waals surface area contributed by atoms with Crippen LogP contribution in [0.15, 0.2) is 48.5 Å². The minimum Gasteiger partial charge on any atom is -0.359 e. The first-order valence-electron chi connectivity index (χ1n) is 7.49.